The van der Waals surface area contributed by atoms with Crippen LogP contribution in [-0.4, -0.2) is 32.3 Å². The largest absolute Gasteiger partial charge is 0.348 e. The minimum absolute atomic E-state index is 0.0496. The van der Waals surface area contributed by atoms with Crippen LogP contribution >= 0.6 is 11.6 Å². The van der Waals surface area contributed by atoms with Crippen molar-refractivity contribution in [3.8, 4) is 0 Å². The number of carbonyl (C=O) groups excluding carboxylic acids is 1. The highest BCUT2D eigenvalue weighted by Crippen LogP contribution is 2.25. The molecular formula is C27H30ClN3O3S. The van der Waals surface area contributed by atoms with E-state index in [-0.39, 0.29) is 21.4 Å². The number of halogens is 1. The monoisotopic (exact) mass is 511 g/mol. The van der Waals surface area contributed by atoms with Crippen LogP contribution in [0.2, 0.25) is 5.02 Å². The number of hydrogen-bond donors (Lipinski definition) is 2. The van der Waals surface area contributed by atoms with Crippen molar-refractivity contribution in [2.45, 2.75) is 44.2 Å². The van der Waals surface area contributed by atoms with Crippen LogP contribution in [0.5, 0.6) is 0 Å². The van der Waals surface area contributed by atoms with Crippen molar-refractivity contribution >= 4 is 33.2 Å². The molecule has 0 aliphatic carbocycles. The van der Waals surface area contributed by atoms with Crippen molar-refractivity contribution in [2.24, 2.45) is 0 Å². The standard InChI is InChI=1S/C27H30ClN3O3S/c1-20-8-7-11-24(16-20)30-35(33,34)26-17-21(12-13-25(26)28)27(32)29-18-22-9-3-4-10-23(22)19-31-14-5-2-6-15-31/h3-4,7-13,16-17,30H,2,5-6,14-15,18-19H2,1H3,(H,29,32). The number of piperidine rings is 1. The molecule has 3 aromatic rings. The Hall–Kier alpha value is -2.87. The van der Waals surface area contributed by atoms with E-state index >= 15 is 0 Å². The second-order valence-corrected chi connectivity index (χ2v) is 11.0. The molecule has 1 aliphatic heterocycles. The zero-order valence-corrected chi connectivity index (χ0v) is 21.3. The lowest BCUT2D eigenvalue weighted by Crippen LogP contribution is -2.30. The first-order chi connectivity index (χ1) is 16.8. The highest BCUT2D eigenvalue weighted by atomic mass is 35.5. The van der Waals surface area contributed by atoms with Crippen molar-refractivity contribution in [3.63, 3.8) is 0 Å². The average Bonchev–Trinajstić information content (AvgIpc) is 2.84. The molecule has 0 atom stereocenters. The predicted molar refractivity (Wildman–Crippen MR) is 140 cm³/mol. The Morgan fingerprint density at radius 2 is 1.69 bits per heavy atom. The first kappa shape index (κ1) is 25.2. The van der Waals surface area contributed by atoms with Gasteiger partial charge in [0.2, 0.25) is 0 Å². The van der Waals surface area contributed by atoms with Gasteiger partial charge >= 0.3 is 0 Å². The van der Waals surface area contributed by atoms with E-state index in [0.717, 1.165) is 30.8 Å². The van der Waals surface area contributed by atoms with Crippen LogP contribution < -0.4 is 10.0 Å². The van der Waals surface area contributed by atoms with Crippen molar-refractivity contribution in [1.82, 2.24) is 10.2 Å². The smallest absolute Gasteiger partial charge is 0.263 e. The maximum absolute atomic E-state index is 13.0. The molecule has 0 spiro atoms. The molecule has 1 heterocycles. The van der Waals surface area contributed by atoms with Crippen molar-refractivity contribution in [2.75, 3.05) is 17.8 Å². The highest BCUT2D eigenvalue weighted by molar-refractivity contribution is 7.92. The quantitative estimate of drug-likeness (QED) is 0.426. The van der Waals surface area contributed by atoms with Crippen molar-refractivity contribution in [3.05, 3.63) is 94.0 Å². The van der Waals surface area contributed by atoms with Crippen LogP contribution in [0.25, 0.3) is 0 Å². The Labute approximate surface area is 212 Å². The number of amides is 1. The van der Waals surface area contributed by atoms with Gasteiger partial charge in [-0.05, 0) is 79.9 Å². The number of hydrogen-bond acceptors (Lipinski definition) is 4. The number of anilines is 1. The molecular weight excluding hydrogens is 482 g/mol. The fourth-order valence-corrected chi connectivity index (χ4v) is 5.87. The second-order valence-electron chi connectivity index (χ2n) is 8.91. The molecule has 1 saturated heterocycles. The molecule has 1 fully saturated rings. The molecule has 35 heavy (non-hydrogen) atoms. The van der Waals surface area contributed by atoms with Gasteiger partial charge in [-0.1, -0.05) is 54.4 Å². The van der Waals surface area contributed by atoms with E-state index in [1.807, 2.05) is 31.2 Å². The first-order valence-corrected chi connectivity index (χ1v) is 13.6. The van der Waals surface area contributed by atoms with Gasteiger partial charge in [0.25, 0.3) is 15.9 Å². The zero-order valence-electron chi connectivity index (χ0n) is 19.8. The van der Waals surface area contributed by atoms with Crippen molar-refractivity contribution in [1.29, 1.82) is 0 Å². The molecule has 0 bridgehead atoms. The van der Waals surface area contributed by atoms with E-state index in [4.69, 9.17) is 11.6 Å². The molecule has 1 amide bonds. The Balaban J connectivity index is 1.47. The van der Waals surface area contributed by atoms with Gasteiger partial charge in [0.05, 0.1) is 5.02 Å². The number of nitrogens with one attached hydrogen (secondary N) is 2. The lowest BCUT2D eigenvalue weighted by atomic mass is 10.0. The number of nitrogens with zero attached hydrogens (tertiary/aromatic N) is 1. The molecule has 0 aromatic heterocycles. The second kappa shape index (κ2) is 11.2. The van der Waals surface area contributed by atoms with E-state index in [2.05, 4.69) is 21.0 Å². The minimum atomic E-state index is -3.97. The van der Waals surface area contributed by atoms with Gasteiger partial charge in [-0.2, -0.15) is 0 Å². The normalized spacial score (nSPS) is 14.5. The van der Waals surface area contributed by atoms with Gasteiger partial charge in [-0.25, -0.2) is 8.42 Å². The van der Waals surface area contributed by atoms with Crippen LogP contribution in [0.3, 0.4) is 0 Å². The summed E-state index contributed by atoms with van der Waals surface area (Å²) < 4.78 is 28.5. The summed E-state index contributed by atoms with van der Waals surface area (Å²) in [5.41, 5.74) is 3.82. The minimum Gasteiger partial charge on any atom is -0.348 e. The summed E-state index contributed by atoms with van der Waals surface area (Å²) >= 11 is 6.21. The SMILES string of the molecule is Cc1cccc(NS(=O)(=O)c2cc(C(=O)NCc3ccccc3CN3CCCCC3)ccc2Cl)c1. The third-order valence-electron chi connectivity index (χ3n) is 6.15. The summed E-state index contributed by atoms with van der Waals surface area (Å²) in [7, 11) is -3.97. The van der Waals surface area contributed by atoms with E-state index in [1.54, 1.807) is 18.2 Å². The summed E-state index contributed by atoms with van der Waals surface area (Å²) in [6.45, 7) is 5.29. The molecule has 0 radical (unpaired) electrons. The van der Waals surface area contributed by atoms with Crippen molar-refractivity contribution < 1.29 is 13.2 Å². The third-order valence-corrected chi connectivity index (χ3v) is 8.02. The third kappa shape index (κ3) is 6.63. The van der Waals surface area contributed by atoms with Gasteiger partial charge in [0.1, 0.15) is 4.90 Å². The van der Waals surface area contributed by atoms with E-state index < -0.39 is 10.0 Å². The summed E-state index contributed by atoms with van der Waals surface area (Å²) in [6, 6.07) is 19.4. The topological polar surface area (TPSA) is 78.5 Å². The van der Waals surface area contributed by atoms with Gasteiger partial charge in [-0.3, -0.25) is 14.4 Å². The maximum Gasteiger partial charge on any atom is 0.263 e. The molecule has 0 saturated carbocycles. The van der Waals surface area contributed by atoms with E-state index in [0.29, 0.717) is 12.2 Å². The van der Waals surface area contributed by atoms with Gasteiger partial charge < -0.3 is 5.32 Å². The van der Waals surface area contributed by atoms with Gasteiger partial charge in [-0.15, -0.1) is 0 Å². The Bertz CT molecular complexity index is 1300. The van der Waals surface area contributed by atoms with Crippen LogP contribution in [0.1, 0.15) is 46.3 Å². The predicted octanol–water partition coefficient (Wildman–Crippen LogP) is 5.37. The molecule has 8 heteroatoms. The summed E-state index contributed by atoms with van der Waals surface area (Å²) in [6.07, 6.45) is 3.73. The number of sulfonamides is 1. The lowest BCUT2D eigenvalue weighted by Gasteiger charge is -2.27. The van der Waals surface area contributed by atoms with Crippen LogP contribution in [0.15, 0.2) is 71.6 Å². The Morgan fingerprint density at radius 3 is 2.43 bits per heavy atom. The Morgan fingerprint density at radius 1 is 0.943 bits per heavy atom. The molecule has 0 unspecified atom stereocenters. The van der Waals surface area contributed by atoms with E-state index in [9.17, 15) is 13.2 Å². The van der Waals surface area contributed by atoms with E-state index in [1.165, 1.54) is 43.0 Å². The maximum atomic E-state index is 13.0. The lowest BCUT2D eigenvalue weighted by molar-refractivity contribution is 0.0950. The van der Waals surface area contributed by atoms with Gasteiger partial charge in [0.15, 0.2) is 0 Å². The van der Waals surface area contributed by atoms with Crippen LogP contribution in [0.4, 0.5) is 5.69 Å². The Kier molecular flexibility index (Phi) is 8.11. The fraction of sp³-hybridized carbons (Fsp3) is 0.296. The molecule has 4 rings (SSSR count). The average molecular weight is 512 g/mol. The first-order valence-electron chi connectivity index (χ1n) is 11.8. The number of benzene rings is 3. The molecule has 3 aromatic carbocycles. The number of rotatable bonds is 8. The summed E-state index contributed by atoms with van der Waals surface area (Å²) in [5, 5.41) is 2.98. The fourth-order valence-electron chi connectivity index (χ4n) is 4.29. The molecule has 184 valence electrons. The molecule has 2 N–H and O–H groups in total. The number of aryl methyl sites for hydroxylation is 1. The molecule has 6 nitrogen and oxygen atoms in total. The number of carbonyl (C=O) groups is 1. The van der Waals surface area contributed by atoms with Crippen LogP contribution in [-0.2, 0) is 23.1 Å². The molecule has 1 aliphatic rings. The van der Waals surface area contributed by atoms with Gasteiger partial charge in [0, 0.05) is 24.3 Å². The van der Waals surface area contributed by atoms with Crippen LogP contribution in [0, 0.1) is 6.92 Å². The zero-order chi connectivity index (χ0) is 24.8. The number of likely N-dealkylation sites (tertiary alicyclic amines) is 1. The highest BCUT2D eigenvalue weighted by Gasteiger charge is 2.21. The summed E-state index contributed by atoms with van der Waals surface area (Å²) in [5.74, 6) is -0.360. The summed E-state index contributed by atoms with van der Waals surface area (Å²) in [4.78, 5) is 15.2.